The number of benzene rings is 2. The van der Waals surface area contributed by atoms with Gasteiger partial charge in [0.15, 0.2) is 0 Å². The Labute approximate surface area is 107 Å². The lowest BCUT2D eigenvalue weighted by atomic mass is 9.74. The maximum Gasteiger partial charge on any atom is 0.0692 e. The molecule has 1 aliphatic rings. The first-order chi connectivity index (χ1) is 8.88. The molecule has 2 aromatic carbocycles. The fourth-order valence-corrected chi connectivity index (χ4v) is 2.59. The summed E-state index contributed by atoms with van der Waals surface area (Å²) >= 11 is 0. The minimum absolute atomic E-state index is 0.284. The number of hydrogen-bond acceptors (Lipinski definition) is 2. The van der Waals surface area contributed by atoms with Crippen LogP contribution in [0.25, 0.3) is 0 Å². The molecule has 0 aliphatic heterocycles. The third-order valence-corrected chi connectivity index (χ3v) is 3.61. The maximum absolute atomic E-state index is 9.24. The molecule has 2 aromatic rings. The zero-order valence-corrected chi connectivity index (χ0v) is 10.1. The summed E-state index contributed by atoms with van der Waals surface area (Å²) in [5.41, 5.74) is 4.73. The molecule has 0 saturated heterocycles. The van der Waals surface area contributed by atoms with Gasteiger partial charge in [0.25, 0.3) is 0 Å². The van der Waals surface area contributed by atoms with Crippen LogP contribution in [0.3, 0.4) is 0 Å². The van der Waals surface area contributed by atoms with Gasteiger partial charge in [-0.1, -0.05) is 59.8 Å². The fraction of sp³-hybridized carbons (Fsp3) is 0.188. The SMILES string of the molecule is O/N=C(\Cc1ccccc1)[C@H]1Cc2ccccc21. The van der Waals surface area contributed by atoms with Gasteiger partial charge in [-0.15, -0.1) is 0 Å². The van der Waals surface area contributed by atoms with E-state index in [2.05, 4.69) is 35.5 Å². The molecular weight excluding hydrogens is 222 g/mol. The van der Waals surface area contributed by atoms with E-state index in [1.807, 2.05) is 24.3 Å². The van der Waals surface area contributed by atoms with E-state index in [9.17, 15) is 5.21 Å². The van der Waals surface area contributed by atoms with Gasteiger partial charge in [0.2, 0.25) is 0 Å². The molecule has 1 aliphatic carbocycles. The zero-order chi connectivity index (χ0) is 12.4. The highest BCUT2D eigenvalue weighted by molar-refractivity contribution is 5.94. The number of rotatable bonds is 3. The Hall–Kier alpha value is -2.09. The van der Waals surface area contributed by atoms with Crippen LogP contribution in [0.2, 0.25) is 0 Å². The average molecular weight is 237 g/mol. The maximum atomic E-state index is 9.24. The molecule has 18 heavy (non-hydrogen) atoms. The Balaban J connectivity index is 1.80. The minimum atomic E-state index is 0.284. The van der Waals surface area contributed by atoms with Crippen LogP contribution in [0, 0.1) is 0 Å². The molecule has 0 fully saturated rings. The Morgan fingerprint density at radius 3 is 2.50 bits per heavy atom. The molecule has 0 saturated carbocycles. The third-order valence-electron chi connectivity index (χ3n) is 3.61. The van der Waals surface area contributed by atoms with Gasteiger partial charge in [-0.2, -0.15) is 0 Å². The van der Waals surface area contributed by atoms with Crippen molar-refractivity contribution in [1.82, 2.24) is 0 Å². The van der Waals surface area contributed by atoms with Crippen molar-refractivity contribution in [3.05, 3.63) is 71.3 Å². The molecular formula is C16H15NO. The lowest BCUT2D eigenvalue weighted by molar-refractivity contribution is 0.315. The van der Waals surface area contributed by atoms with E-state index in [1.54, 1.807) is 0 Å². The molecule has 2 heteroatoms. The first-order valence-electron chi connectivity index (χ1n) is 6.21. The fourth-order valence-electron chi connectivity index (χ4n) is 2.59. The van der Waals surface area contributed by atoms with Crippen LogP contribution in [0.1, 0.15) is 22.6 Å². The highest BCUT2D eigenvalue weighted by atomic mass is 16.4. The van der Waals surface area contributed by atoms with Gasteiger partial charge < -0.3 is 5.21 Å². The van der Waals surface area contributed by atoms with Crippen LogP contribution >= 0.6 is 0 Å². The van der Waals surface area contributed by atoms with Crippen molar-refractivity contribution in [2.75, 3.05) is 0 Å². The molecule has 3 rings (SSSR count). The van der Waals surface area contributed by atoms with Gasteiger partial charge in [0.1, 0.15) is 0 Å². The monoisotopic (exact) mass is 237 g/mol. The van der Waals surface area contributed by atoms with Crippen LogP contribution in [0.4, 0.5) is 0 Å². The molecule has 1 atom stereocenters. The number of oxime groups is 1. The number of nitrogens with zero attached hydrogens (tertiary/aromatic N) is 1. The van der Waals surface area contributed by atoms with E-state index in [0.29, 0.717) is 0 Å². The van der Waals surface area contributed by atoms with Crippen LogP contribution in [0.15, 0.2) is 59.8 Å². The van der Waals surface area contributed by atoms with Crippen molar-refractivity contribution in [2.24, 2.45) is 5.16 Å². The highest BCUT2D eigenvalue weighted by Gasteiger charge is 2.30. The third kappa shape index (κ3) is 1.90. The van der Waals surface area contributed by atoms with E-state index in [4.69, 9.17) is 0 Å². The lowest BCUT2D eigenvalue weighted by Crippen LogP contribution is -2.26. The van der Waals surface area contributed by atoms with Crippen molar-refractivity contribution < 1.29 is 5.21 Å². The quantitative estimate of drug-likeness (QED) is 0.495. The average Bonchev–Trinajstić information content (AvgIpc) is 2.40. The number of fused-ring (bicyclic) bond motifs is 1. The van der Waals surface area contributed by atoms with Crippen LogP contribution in [0.5, 0.6) is 0 Å². The summed E-state index contributed by atoms with van der Waals surface area (Å²) in [5.74, 6) is 0.284. The molecule has 1 N–H and O–H groups in total. The summed E-state index contributed by atoms with van der Waals surface area (Å²) in [6, 6.07) is 18.5. The topological polar surface area (TPSA) is 32.6 Å². The van der Waals surface area contributed by atoms with Crippen molar-refractivity contribution in [1.29, 1.82) is 0 Å². The minimum Gasteiger partial charge on any atom is -0.411 e. The van der Waals surface area contributed by atoms with E-state index in [1.165, 1.54) is 16.7 Å². The normalized spacial score (nSPS) is 18.0. The molecule has 0 aromatic heterocycles. The van der Waals surface area contributed by atoms with E-state index < -0.39 is 0 Å². The Bertz CT molecular complexity index is 575. The lowest BCUT2D eigenvalue weighted by Gasteiger charge is -2.30. The summed E-state index contributed by atoms with van der Waals surface area (Å²) in [6.07, 6.45) is 1.71. The number of hydrogen-bond donors (Lipinski definition) is 1. The van der Waals surface area contributed by atoms with Gasteiger partial charge in [0, 0.05) is 12.3 Å². The summed E-state index contributed by atoms with van der Waals surface area (Å²) in [4.78, 5) is 0. The van der Waals surface area contributed by atoms with Crippen LogP contribution in [-0.4, -0.2) is 10.9 Å². The predicted octanol–water partition coefficient (Wildman–Crippen LogP) is 3.40. The Morgan fingerprint density at radius 1 is 1.06 bits per heavy atom. The van der Waals surface area contributed by atoms with E-state index in [-0.39, 0.29) is 5.92 Å². The molecule has 0 radical (unpaired) electrons. The molecule has 2 nitrogen and oxygen atoms in total. The van der Waals surface area contributed by atoms with Crippen LogP contribution < -0.4 is 0 Å². The zero-order valence-electron chi connectivity index (χ0n) is 10.1. The van der Waals surface area contributed by atoms with Crippen molar-refractivity contribution in [3.63, 3.8) is 0 Å². The molecule has 0 amide bonds. The summed E-state index contributed by atoms with van der Waals surface area (Å²) in [7, 11) is 0. The molecule has 90 valence electrons. The van der Waals surface area contributed by atoms with E-state index >= 15 is 0 Å². The second-order valence-corrected chi connectivity index (χ2v) is 4.71. The van der Waals surface area contributed by atoms with Gasteiger partial charge >= 0.3 is 0 Å². The van der Waals surface area contributed by atoms with E-state index in [0.717, 1.165) is 18.6 Å². The van der Waals surface area contributed by atoms with Gasteiger partial charge in [-0.3, -0.25) is 0 Å². The summed E-state index contributed by atoms with van der Waals surface area (Å²) < 4.78 is 0. The largest absolute Gasteiger partial charge is 0.411 e. The Kier molecular flexibility index (Phi) is 2.85. The molecule has 0 unspecified atom stereocenters. The van der Waals surface area contributed by atoms with Gasteiger partial charge in [-0.05, 0) is 23.1 Å². The summed E-state index contributed by atoms with van der Waals surface area (Å²) in [5, 5.41) is 12.8. The smallest absolute Gasteiger partial charge is 0.0692 e. The van der Waals surface area contributed by atoms with Crippen molar-refractivity contribution in [3.8, 4) is 0 Å². The van der Waals surface area contributed by atoms with Crippen LogP contribution in [-0.2, 0) is 12.8 Å². The first-order valence-corrected chi connectivity index (χ1v) is 6.21. The Morgan fingerprint density at radius 2 is 1.78 bits per heavy atom. The second-order valence-electron chi connectivity index (χ2n) is 4.71. The highest BCUT2D eigenvalue weighted by Crippen LogP contribution is 2.36. The van der Waals surface area contributed by atoms with Gasteiger partial charge in [0.05, 0.1) is 5.71 Å². The summed E-state index contributed by atoms with van der Waals surface area (Å²) in [6.45, 7) is 0. The first kappa shape index (κ1) is 11.0. The van der Waals surface area contributed by atoms with Crippen molar-refractivity contribution >= 4 is 5.71 Å². The molecule has 0 spiro atoms. The standard InChI is InChI=1S/C16H15NO/c18-17-16(10-12-6-2-1-3-7-12)15-11-13-8-4-5-9-14(13)15/h1-9,15,18H,10-11H2/b17-16+/t15-/m0/s1. The van der Waals surface area contributed by atoms with Gasteiger partial charge in [-0.25, -0.2) is 0 Å². The second kappa shape index (κ2) is 4.65. The van der Waals surface area contributed by atoms with Crippen molar-refractivity contribution in [2.45, 2.75) is 18.8 Å². The predicted molar refractivity (Wildman–Crippen MR) is 72.3 cm³/mol. The molecule has 0 bridgehead atoms. The molecule has 0 heterocycles.